The Morgan fingerprint density at radius 2 is 2.14 bits per heavy atom. The van der Waals surface area contributed by atoms with Gasteiger partial charge in [0.05, 0.1) is 0 Å². The molecule has 0 aromatic rings. The van der Waals surface area contributed by atoms with Gasteiger partial charge in [-0.05, 0) is 56.7 Å². The number of fused-ring (bicyclic) bond motifs is 1. The fourth-order valence-corrected chi connectivity index (χ4v) is 3.42. The van der Waals surface area contributed by atoms with Crippen LogP contribution in [-0.2, 0) is 23.7 Å². The maximum atomic E-state index is 11.6. The Kier molecular flexibility index (Phi) is 4.45. The molecule has 7 heteroatoms. The van der Waals surface area contributed by atoms with Crippen molar-refractivity contribution in [2.45, 2.75) is 63.5 Å². The van der Waals surface area contributed by atoms with Crippen LogP contribution in [0.25, 0.3) is 0 Å². The van der Waals surface area contributed by atoms with Crippen LogP contribution < -0.4 is 5.73 Å². The van der Waals surface area contributed by atoms with Gasteiger partial charge < -0.3 is 24.7 Å². The van der Waals surface area contributed by atoms with Crippen molar-refractivity contribution in [3.05, 3.63) is 9.66 Å². The van der Waals surface area contributed by atoms with Crippen LogP contribution in [0.5, 0.6) is 0 Å². The van der Waals surface area contributed by atoms with Crippen molar-refractivity contribution < 1.29 is 23.7 Å². The minimum Gasteiger partial charge on any atom is -0.365 e. The molecule has 1 amide bonds. The molecule has 0 aromatic carbocycles. The summed E-state index contributed by atoms with van der Waals surface area (Å²) in [5, 5.41) is 0. The number of nitrogens with two attached hydrogens (primary N) is 1. The summed E-state index contributed by atoms with van der Waals surface area (Å²) in [6, 6.07) is 0. The molecule has 21 heavy (non-hydrogen) atoms. The first-order valence-corrected chi connectivity index (χ1v) is 7.87. The molecule has 0 spiro atoms. The van der Waals surface area contributed by atoms with E-state index in [0.29, 0.717) is 0 Å². The van der Waals surface area contributed by atoms with Gasteiger partial charge in [-0.25, -0.2) is 0 Å². The van der Waals surface area contributed by atoms with E-state index in [9.17, 15) is 4.79 Å². The van der Waals surface area contributed by atoms with Gasteiger partial charge in [0.25, 0.3) is 5.91 Å². The smallest absolute Gasteiger partial charge is 0.277 e. The minimum atomic E-state index is -1.51. The van der Waals surface area contributed by atoms with Crippen LogP contribution in [0.4, 0.5) is 0 Å². The number of hydrogen-bond donors (Lipinski definition) is 1. The van der Waals surface area contributed by atoms with Crippen molar-refractivity contribution in [3.63, 3.8) is 0 Å². The van der Waals surface area contributed by atoms with Crippen molar-refractivity contribution >= 4 is 28.5 Å². The Balaban J connectivity index is 2.31. The zero-order valence-electron chi connectivity index (χ0n) is 12.9. The summed E-state index contributed by atoms with van der Waals surface area (Å²) in [7, 11) is 1.39. The van der Waals surface area contributed by atoms with Crippen LogP contribution >= 0.6 is 22.6 Å². The average Bonchev–Trinajstić information content (AvgIpc) is 2.62. The normalized spacial score (nSPS) is 37.5. The fraction of sp³-hybridized carbons (Fsp3) is 0.786. The predicted molar refractivity (Wildman–Crippen MR) is 84.6 cm³/mol. The van der Waals surface area contributed by atoms with E-state index >= 15 is 0 Å². The average molecular weight is 411 g/mol. The zero-order valence-corrected chi connectivity index (χ0v) is 15.1. The molecule has 0 radical (unpaired) electrons. The molecule has 1 heterocycles. The van der Waals surface area contributed by atoms with Gasteiger partial charge in [0.15, 0.2) is 5.79 Å². The zero-order chi connectivity index (χ0) is 16.1. The van der Waals surface area contributed by atoms with Crippen LogP contribution in [0.2, 0.25) is 0 Å². The maximum Gasteiger partial charge on any atom is 0.277 e. The van der Waals surface area contributed by atoms with Crippen LogP contribution in [0.1, 0.15) is 34.1 Å². The number of amides is 1. The lowest BCUT2D eigenvalue weighted by molar-refractivity contribution is -0.239. The van der Waals surface area contributed by atoms with E-state index in [-0.39, 0.29) is 6.10 Å². The summed E-state index contributed by atoms with van der Waals surface area (Å²) in [6.45, 7) is 7.22. The summed E-state index contributed by atoms with van der Waals surface area (Å²) in [6.07, 6.45) is 1.95. The van der Waals surface area contributed by atoms with Crippen molar-refractivity contribution in [3.8, 4) is 0 Å². The lowest BCUT2D eigenvalue weighted by Gasteiger charge is -2.40. The summed E-state index contributed by atoms with van der Waals surface area (Å²) in [5.74, 6) is -2.89. The number of carbonyl (C=O) groups is 1. The summed E-state index contributed by atoms with van der Waals surface area (Å²) in [5.41, 5.74) is 4.88. The molecule has 1 unspecified atom stereocenters. The van der Waals surface area contributed by atoms with Gasteiger partial charge in [0.2, 0.25) is 5.79 Å². The lowest BCUT2D eigenvalue weighted by Crippen LogP contribution is -2.55. The van der Waals surface area contributed by atoms with E-state index in [1.165, 1.54) is 14.0 Å². The topological polar surface area (TPSA) is 80.0 Å². The molecule has 2 N–H and O–H groups in total. The Bertz CT molecular complexity index is 480. The first-order valence-electron chi connectivity index (χ1n) is 6.79. The molecule has 1 saturated heterocycles. The summed E-state index contributed by atoms with van der Waals surface area (Å²) < 4.78 is 24.0. The van der Waals surface area contributed by atoms with E-state index in [0.717, 1.165) is 10.0 Å². The van der Waals surface area contributed by atoms with Crippen molar-refractivity contribution in [1.82, 2.24) is 0 Å². The summed E-state index contributed by atoms with van der Waals surface area (Å²) >= 11 is 2.19. The minimum absolute atomic E-state index is 0.335. The fourth-order valence-electron chi connectivity index (χ4n) is 2.74. The quantitative estimate of drug-likeness (QED) is 0.564. The highest BCUT2D eigenvalue weighted by molar-refractivity contribution is 14.1. The Hall–Kier alpha value is -0.220. The van der Waals surface area contributed by atoms with Gasteiger partial charge in [-0.3, -0.25) is 4.79 Å². The van der Waals surface area contributed by atoms with E-state index < -0.39 is 29.2 Å². The number of hydrogen-bond acceptors (Lipinski definition) is 5. The number of rotatable bonds is 4. The molecule has 120 valence electrons. The third-order valence-electron chi connectivity index (χ3n) is 3.93. The second kappa shape index (κ2) is 5.45. The SMILES string of the molecule is COC(C)(O[C@H]1C(I)=CC[C@@]2(C)OC(C)(C)O[C@@H]12)C(N)=O. The van der Waals surface area contributed by atoms with Crippen molar-refractivity contribution in [2.75, 3.05) is 7.11 Å². The van der Waals surface area contributed by atoms with E-state index in [2.05, 4.69) is 22.6 Å². The second-order valence-corrected chi connectivity index (χ2v) is 7.44. The third-order valence-corrected chi connectivity index (χ3v) is 4.98. The highest BCUT2D eigenvalue weighted by Crippen LogP contribution is 2.47. The third kappa shape index (κ3) is 3.12. The monoisotopic (exact) mass is 411 g/mol. The molecule has 0 bridgehead atoms. The highest BCUT2D eigenvalue weighted by atomic mass is 127. The molecule has 2 aliphatic rings. The molecular formula is C14H22INO5. The molecular weight excluding hydrogens is 389 g/mol. The van der Waals surface area contributed by atoms with Crippen LogP contribution in [0, 0.1) is 0 Å². The highest BCUT2D eigenvalue weighted by Gasteiger charge is 2.57. The van der Waals surface area contributed by atoms with E-state index in [1.807, 2.05) is 26.8 Å². The summed E-state index contributed by atoms with van der Waals surface area (Å²) in [4.78, 5) is 11.6. The molecule has 6 nitrogen and oxygen atoms in total. The Morgan fingerprint density at radius 3 is 2.67 bits per heavy atom. The molecule has 0 aromatic heterocycles. The van der Waals surface area contributed by atoms with Gasteiger partial charge in [-0.1, -0.05) is 6.08 Å². The van der Waals surface area contributed by atoms with Crippen molar-refractivity contribution in [1.29, 1.82) is 0 Å². The van der Waals surface area contributed by atoms with Crippen LogP contribution in [0.3, 0.4) is 0 Å². The van der Waals surface area contributed by atoms with Gasteiger partial charge >= 0.3 is 0 Å². The van der Waals surface area contributed by atoms with Crippen molar-refractivity contribution in [2.24, 2.45) is 5.73 Å². The predicted octanol–water partition coefficient (Wildman–Crippen LogP) is 1.85. The number of methoxy groups -OCH3 is 1. The van der Waals surface area contributed by atoms with Gasteiger partial charge in [0.1, 0.15) is 17.8 Å². The first-order chi connectivity index (χ1) is 9.53. The molecule has 1 fully saturated rings. The number of ether oxygens (including phenoxy) is 4. The van der Waals surface area contributed by atoms with E-state index in [4.69, 9.17) is 24.7 Å². The largest absolute Gasteiger partial charge is 0.365 e. The van der Waals surface area contributed by atoms with Gasteiger partial charge in [-0.15, -0.1) is 0 Å². The molecule has 1 aliphatic heterocycles. The van der Waals surface area contributed by atoms with Gasteiger partial charge in [0, 0.05) is 10.7 Å². The standard InChI is InChI=1S/C14H22INO5/c1-12(2)20-10-9(19-14(4,18-5)11(16)17)8(15)6-7-13(10,3)21-12/h6,9-10H,7H2,1-5H3,(H2,16,17)/t9-,10-,13+,14?/m0/s1. The number of primary amides is 1. The molecule has 1 aliphatic carbocycles. The molecule has 4 atom stereocenters. The Morgan fingerprint density at radius 1 is 1.52 bits per heavy atom. The maximum absolute atomic E-state index is 11.6. The molecule has 2 rings (SSSR count). The number of halogens is 1. The second-order valence-electron chi connectivity index (χ2n) is 6.20. The van der Waals surface area contributed by atoms with Crippen LogP contribution in [0.15, 0.2) is 9.66 Å². The van der Waals surface area contributed by atoms with E-state index in [1.54, 1.807) is 0 Å². The van der Waals surface area contributed by atoms with Crippen LogP contribution in [-0.4, -0.2) is 42.4 Å². The molecule has 0 saturated carbocycles. The lowest BCUT2D eigenvalue weighted by atomic mass is 9.86. The Labute approximate surface area is 138 Å². The van der Waals surface area contributed by atoms with Gasteiger partial charge in [-0.2, -0.15) is 0 Å². The first kappa shape index (κ1) is 17.1. The number of carbonyl (C=O) groups excluding carboxylic acids is 1.